The third-order valence-corrected chi connectivity index (χ3v) is 11.0. The molecule has 0 radical (unpaired) electrons. The molecule has 0 spiro atoms. The third kappa shape index (κ3) is 3.79. The minimum atomic E-state index is 0.821. The molecular formula is C44H26N4S. The van der Waals surface area contributed by atoms with Crippen molar-refractivity contribution >= 4 is 86.2 Å². The number of benzene rings is 7. The van der Waals surface area contributed by atoms with Gasteiger partial charge in [0, 0.05) is 53.0 Å². The van der Waals surface area contributed by atoms with E-state index in [1.165, 1.54) is 47.2 Å². The number of nitrogens with zero attached hydrogens (tertiary/aromatic N) is 4. The van der Waals surface area contributed by atoms with Gasteiger partial charge in [0.1, 0.15) is 5.69 Å². The number of rotatable bonds is 3. The van der Waals surface area contributed by atoms with Crippen LogP contribution in [0.5, 0.6) is 0 Å². The summed E-state index contributed by atoms with van der Waals surface area (Å²) in [5.74, 6) is 0.821. The second-order valence-corrected chi connectivity index (χ2v) is 13.7. The highest BCUT2D eigenvalue weighted by Crippen LogP contribution is 2.43. The fourth-order valence-electron chi connectivity index (χ4n) is 7.78. The van der Waals surface area contributed by atoms with Crippen LogP contribution in [-0.4, -0.2) is 19.1 Å². The van der Waals surface area contributed by atoms with Gasteiger partial charge in [-0.05, 0) is 54.6 Å². The van der Waals surface area contributed by atoms with Crippen molar-refractivity contribution in [2.75, 3.05) is 0 Å². The van der Waals surface area contributed by atoms with Gasteiger partial charge in [0.2, 0.25) is 0 Å². The molecule has 0 unspecified atom stereocenters. The van der Waals surface area contributed by atoms with E-state index in [4.69, 9.17) is 9.97 Å². The van der Waals surface area contributed by atoms with E-state index in [0.717, 1.165) is 50.3 Å². The van der Waals surface area contributed by atoms with Crippen LogP contribution in [0.4, 0.5) is 0 Å². The number of hydrogen-bond acceptors (Lipinski definition) is 3. The van der Waals surface area contributed by atoms with Crippen LogP contribution in [-0.2, 0) is 0 Å². The normalized spacial score (nSPS) is 12.1. The molecule has 0 N–H and O–H groups in total. The van der Waals surface area contributed by atoms with Crippen LogP contribution in [0.1, 0.15) is 0 Å². The summed E-state index contributed by atoms with van der Waals surface area (Å²) in [5.41, 5.74) is 9.32. The van der Waals surface area contributed by atoms with Crippen molar-refractivity contribution in [2.24, 2.45) is 0 Å². The molecule has 0 atom stereocenters. The van der Waals surface area contributed by atoms with Crippen molar-refractivity contribution in [1.29, 1.82) is 0 Å². The third-order valence-electron chi connectivity index (χ3n) is 9.90. The first-order valence-electron chi connectivity index (χ1n) is 16.5. The van der Waals surface area contributed by atoms with Gasteiger partial charge in [-0.3, -0.25) is 4.57 Å². The topological polar surface area (TPSA) is 35.6 Å². The zero-order valence-electron chi connectivity index (χ0n) is 26.2. The first-order valence-corrected chi connectivity index (χ1v) is 17.3. The van der Waals surface area contributed by atoms with Crippen LogP contribution in [0.15, 0.2) is 158 Å². The molecule has 0 aliphatic carbocycles. The molecule has 4 aromatic heterocycles. The number of para-hydroxylation sites is 5. The monoisotopic (exact) mass is 642 g/mol. The van der Waals surface area contributed by atoms with Gasteiger partial charge in [-0.25, -0.2) is 9.97 Å². The second-order valence-electron chi connectivity index (χ2n) is 12.6. The Morgan fingerprint density at radius 3 is 1.73 bits per heavy atom. The van der Waals surface area contributed by atoms with Gasteiger partial charge in [0.15, 0.2) is 5.82 Å². The highest BCUT2D eigenvalue weighted by Gasteiger charge is 2.24. The molecule has 4 nitrogen and oxygen atoms in total. The molecule has 228 valence electrons. The lowest BCUT2D eigenvalue weighted by molar-refractivity contribution is 1.08. The molecule has 0 saturated carbocycles. The molecule has 7 aromatic carbocycles. The van der Waals surface area contributed by atoms with E-state index in [1.807, 2.05) is 23.5 Å². The minimum absolute atomic E-state index is 0.821. The predicted octanol–water partition coefficient (Wildman–Crippen LogP) is 11.9. The van der Waals surface area contributed by atoms with Crippen molar-refractivity contribution < 1.29 is 0 Å². The van der Waals surface area contributed by atoms with Crippen molar-refractivity contribution in [3.63, 3.8) is 0 Å². The Labute approximate surface area is 284 Å². The van der Waals surface area contributed by atoms with Gasteiger partial charge < -0.3 is 4.57 Å². The highest BCUT2D eigenvalue weighted by atomic mass is 32.1. The lowest BCUT2D eigenvalue weighted by atomic mass is 10.1. The lowest BCUT2D eigenvalue weighted by Gasteiger charge is -2.15. The van der Waals surface area contributed by atoms with Crippen LogP contribution in [0.25, 0.3) is 97.6 Å². The largest absolute Gasteiger partial charge is 0.307 e. The van der Waals surface area contributed by atoms with Crippen LogP contribution >= 0.6 is 11.3 Å². The van der Waals surface area contributed by atoms with Gasteiger partial charge in [-0.2, -0.15) is 0 Å². The summed E-state index contributed by atoms with van der Waals surface area (Å²) in [6, 6.07) is 56.3. The maximum absolute atomic E-state index is 5.48. The molecule has 0 fully saturated rings. The van der Waals surface area contributed by atoms with Crippen LogP contribution in [0.3, 0.4) is 0 Å². The summed E-state index contributed by atoms with van der Waals surface area (Å²) in [6.07, 6.45) is 0. The molecule has 0 bridgehead atoms. The van der Waals surface area contributed by atoms with E-state index in [2.05, 4.69) is 155 Å². The smallest absolute Gasteiger partial charge is 0.165 e. The van der Waals surface area contributed by atoms with Gasteiger partial charge in [-0.15, -0.1) is 11.3 Å². The van der Waals surface area contributed by atoms with Crippen LogP contribution < -0.4 is 0 Å². The SMILES string of the molecule is c1ccc(-n2c3ccccc3c3ccc4c5ccccc5n(-c5nc6ccccc6nc5-c5ccc6sc7ccccc7c6c5)c4c32)cc1. The Hall–Kier alpha value is -6.30. The van der Waals surface area contributed by atoms with E-state index in [0.29, 0.717) is 0 Å². The van der Waals surface area contributed by atoms with Gasteiger partial charge in [0.25, 0.3) is 0 Å². The fourth-order valence-corrected chi connectivity index (χ4v) is 8.87. The molecule has 0 aliphatic heterocycles. The summed E-state index contributed by atoms with van der Waals surface area (Å²) < 4.78 is 7.35. The maximum atomic E-state index is 5.48. The Bertz CT molecular complexity index is 3110. The molecule has 4 heterocycles. The average molecular weight is 643 g/mol. The first kappa shape index (κ1) is 26.7. The zero-order chi connectivity index (χ0) is 32.1. The quantitative estimate of drug-likeness (QED) is 0.192. The Balaban J connectivity index is 1.34. The van der Waals surface area contributed by atoms with Crippen molar-refractivity contribution in [2.45, 2.75) is 0 Å². The van der Waals surface area contributed by atoms with Gasteiger partial charge in [0.05, 0.1) is 33.1 Å². The summed E-state index contributed by atoms with van der Waals surface area (Å²) in [7, 11) is 0. The van der Waals surface area contributed by atoms with Gasteiger partial charge in [-0.1, -0.05) is 103 Å². The van der Waals surface area contributed by atoms with E-state index < -0.39 is 0 Å². The van der Waals surface area contributed by atoms with E-state index in [-0.39, 0.29) is 0 Å². The summed E-state index contributed by atoms with van der Waals surface area (Å²) in [5, 5.41) is 7.31. The number of fused-ring (bicyclic) bond motifs is 11. The molecule has 11 aromatic rings. The lowest BCUT2D eigenvalue weighted by Crippen LogP contribution is -2.05. The van der Waals surface area contributed by atoms with Crippen LogP contribution in [0, 0.1) is 0 Å². The summed E-state index contributed by atoms with van der Waals surface area (Å²) in [6.45, 7) is 0. The number of aromatic nitrogens is 4. The van der Waals surface area contributed by atoms with Gasteiger partial charge >= 0.3 is 0 Å². The fraction of sp³-hybridized carbons (Fsp3) is 0. The standard InChI is InChI=1S/C44H26N4S/c1-2-12-28(13-3-1)47-37-19-9-4-14-29(37)32-23-24-33-30-15-5-10-20-38(30)48(43(33)42(32)47)44-41(45-35-17-7-8-18-36(35)46-44)27-22-25-40-34(26-27)31-16-6-11-21-39(31)49-40/h1-26H. The van der Waals surface area contributed by atoms with E-state index >= 15 is 0 Å². The van der Waals surface area contributed by atoms with Crippen LogP contribution in [0.2, 0.25) is 0 Å². The summed E-state index contributed by atoms with van der Waals surface area (Å²) in [4.78, 5) is 10.9. The predicted molar refractivity (Wildman–Crippen MR) is 207 cm³/mol. The molecule has 0 aliphatic rings. The maximum Gasteiger partial charge on any atom is 0.165 e. The Morgan fingerprint density at radius 1 is 0.408 bits per heavy atom. The molecular weight excluding hydrogens is 617 g/mol. The average Bonchev–Trinajstić information content (AvgIpc) is 3.82. The van der Waals surface area contributed by atoms with Crippen molar-refractivity contribution in [3.05, 3.63) is 158 Å². The zero-order valence-corrected chi connectivity index (χ0v) is 27.0. The molecule has 11 rings (SSSR count). The Morgan fingerprint density at radius 2 is 0.980 bits per heavy atom. The van der Waals surface area contributed by atoms with E-state index in [1.54, 1.807) is 0 Å². The summed E-state index contributed by atoms with van der Waals surface area (Å²) >= 11 is 1.83. The minimum Gasteiger partial charge on any atom is -0.307 e. The van der Waals surface area contributed by atoms with E-state index in [9.17, 15) is 0 Å². The second kappa shape index (κ2) is 10.1. The Kier molecular flexibility index (Phi) is 5.51. The molecule has 0 saturated heterocycles. The number of hydrogen-bond donors (Lipinski definition) is 0. The molecule has 49 heavy (non-hydrogen) atoms. The van der Waals surface area contributed by atoms with Crippen molar-refractivity contribution in [1.82, 2.24) is 19.1 Å². The number of thiophene rings is 1. The molecule has 0 amide bonds. The molecule has 5 heteroatoms. The highest BCUT2D eigenvalue weighted by molar-refractivity contribution is 7.25. The van der Waals surface area contributed by atoms with Crippen molar-refractivity contribution in [3.8, 4) is 22.8 Å². The first-order chi connectivity index (χ1) is 24.3.